The summed E-state index contributed by atoms with van der Waals surface area (Å²) < 4.78 is 10.4. The van der Waals surface area contributed by atoms with Gasteiger partial charge < -0.3 is 14.5 Å². The number of carbonyl (C=O) groups excluding carboxylic acids is 1. The molecule has 6 nitrogen and oxygen atoms in total. The third-order valence-electron chi connectivity index (χ3n) is 3.62. The van der Waals surface area contributed by atoms with E-state index in [1.165, 1.54) is 0 Å². The summed E-state index contributed by atoms with van der Waals surface area (Å²) >= 11 is 0. The number of hydrazone groups is 1. The number of carbonyl (C=O) groups is 1. The number of ether oxygens (including phenoxy) is 2. The molecule has 1 amide bonds. The molecule has 0 atom stereocenters. The number of fused-ring (bicyclic) bond motifs is 1. The molecule has 0 unspecified atom stereocenters. The second-order valence-electron chi connectivity index (χ2n) is 5.06. The van der Waals surface area contributed by atoms with Crippen LogP contribution in [0.15, 0.2) is 53.8 Å². The van der Waals surface area contributed by atoms with Gasteiger partial charge in [0.25, 0.3) is 5.91 Å². The number of aromatic nitrogens is 1. The molecule has 1 aromatic heterocycles. The van der Waals surface area contributed by atoms with E-state index in [2.05, 4.69) is 15.5 Å². The number of methoxy groups -OCH3 is 2. The Morgan fingerprint density at radius 2 is 1.92 bits per heavy atom. The molecule has 0 bridgehead atoms. The van der Waals surface area contributed by atoms with Gasteiger partial charge in [-0.25, -0.2) is 5.43 Å². The summed E-state index contributed by atoms with van der Waals surface area (Å²) in [6.07, 6.45) is 3.22. The first-order chi connectivity index (χ1) is 11.7. The lowest BCUT2D eigenvalue weighted by Gasteiger charge is -2.07. The van der Waals surface area contributed by atoms with Crippen LogP contribution in [0.2, 0.25) is 0 Å². The molecular formula is C18H17N3O3. The Hall–Kier alpha value is -3.28. The van der Waals surface area contributed by atoms with Crippen molar-refractivity contribution in [1.82, 2.24) is 10.4 Å². The van der Waals surface area contributed by atoms with Crippen LogP contribution in [0.1, 0.15) is 15.9 Å². The number of benzene rings is 2. The van der Waals surface area contributed by atoms with Crippen molar-refractivity contribution < 1.29 is 14.3 Å². The van der Waals surface area contributed by atoms with Crippen LogP contribution in [0.3, 0.4) is 0 Å². The van der Waals surface area contributed by atoms with E-state index in [4.69, 9.17) is 9.47 Å². The number of nitrogens with one attached hydrogen (secondary N) is 2. The summed E-state index contributed by atoms with van der Waals surface area (Å²) in [5, 5.41) is 4.86. The van der Waals surface area contributed by atoms with E-state index in [9.17, 15) is 4.79 Å². The molecule has 0 aliphatic rings. The van der Waals surface area contributed by atoms with Gasteiger partial charge in [-0.05, 0) is 29.8 Å². The van der Waals surface area contributed by atoms with Crippen LogP contribution < -0.4 is 14.9 Å². The van der Waals surface area contributed by atoms with Gasteiger partial charge in [0.2, 0.25) is 0 Å². The molecule has 0 saturated heterocycles. The van der Waals surface area contributed by atoms with E-state index in [0.717, 1.165) is 16.5 Å². The maximum atomic E-state index is 12.2. The average molecular weight is 323 g/mol. The number of hydrogen-bond acceptors (Lipinski definition) is 4. The van der Waals surface area contributed by atoms with Gasteiger partial charge in [0.1, 0.15) is 0 Å². The number of amides is 1. The summed E-state index contributed by atoms with van der Waals surface area (Å²) in [7, 11) is 3.14. The van der Waals surface area contributed by atoms with E-state index in [-0.39, 0.29) is 5.91 Å². The highest BCUT2D eigenvalue weighted by molar-refractivity contribution is 6.06. The predicted octanol–water partition coefficient (Wildman–Crippen LogP) is 2.95. The van der Waals surface area contributed by atoms with Crippen LogP contribution in [0.4, 0.5) is 0 Å². The Morgan fingerprint density at radius 1 is 1.12 bits per heavy atom. The first kappa shape index (κ1) is 15.6. The zero-order chi connectivity index (χ0) is 16.9. The van der Waals surface area contributed by atoms with Gasteiger partial charge in [-0.1, -0.05) is 18.2 Å². The van der Waals surface area contributed by atoms with Crippen molar-refractivity contribution >= 4 is 23.0 Å². The second-order valence-corrected chi connectivity index (χ2v) is 5.06. The SMILES string of the molecule is COc1ccc(C=NNC(=O)c2c[nH]c3ccccc23)cc1OC. The van der Waals surface area contributed by atoms with Crippen molar-refractivity contribution in [1.29, 1.82) is 0 Å². The minimum atomic E-state index is -0.274. The van der Waals surface area contributed by atoms with Gasteiger partial charge in [-0.2, -0.15) is 5.10 Å². The molecule has 0 radical (unpaired) electrons. The summed E-state index contributed by atoms with van der Waals surface area (Å²) in [4.78, 5) is 15.3. The molecule has 6 heteroatoms. The minimum Gasteiger partial charge on any atom is -0.493 e. The predicted molar refractivity (Wildman–Crippen MR) is 92.9 cm³/mol. The lowest BCUT2D eigenvalue weighted by atomic mass is 10.2. The Bertz CT molecular complexity index is 899. The smallest absolute Gasteiger partial charge is 0.273 e. The van der Waals surface area contributed by atoms with Crippen molar-refractivity contribution in [2.24, 2.45) is 5.10 Å². The van der Waals surface area contributed by atoms with Gasteiger partial charge in [-0.15, -0.1) is 0 Å². The van der Waals surface area contributed by atoms with E-state index in [1.807, 2.05) is 30.3 Å². The molecule has 2 N–H and O–H groups in total. The maximum absolute atomic E-state index is 12.2. The summed E-state index contributed by atoms with van der Waals surface area (Å²) in [5.74, 6) is 0.964. The summed E-state index contributed by atoms with van der Waals surface area (Å²) in [6, 6.07) is 13.0. The molecule has 0 aliphatic heterocycles. The molecule has 1 heterocycles. The quantitative estimate of drug-likeness (QED) is 0.560. The van der Waals surface area contributed by atoms with Crippen molar-refractivity contribution in [3.8, 4) is 11.5 Å². The fourth-order valence-corrected chi connectivity index (χ4v) is 2.42. The first-order valence-electron chi connectivity index (χ1n) is 7.34. The molecule has 0 fully saturated rings. The number of nitrogens with zero attached hydrogens (tertiary/aromatic N) is 1. The van der Waals surface area contributed by atoms with Crippen LogP contribution in [-0.4, -0.2) is 31.3 Å². The standard InChI is InChI=1S/C18H17N3O3/c1-23-16-8-7-12(9-17(16)24-2)10-20-21-18(22)14-11-19-15-6-4-3-5-13(14)15/h3-11,19H,1-2H3,(H,21,22). The second kappa shape index (κ2) is 6.87. The van der Waals surface area contributed by atoms with E-state index < -0.39 is 0 Å². The molecular weight excluding hydrogens is 306 g/mol. The van der Waals surface area contributed by atoms with E-state index in [1.54, 1.807) is 38.8 Å². The molecule has 0 saturated carbocycles. The lowest BCUT2D eigenvalue weighted by molar-refractivity contribution is 0.0957. The first-order valence-corrected chi connectivity index (χ1v) is 7.34. The van der Waals surface area contributed by atoms with Gasteiger partial charge in [0.15, 0.2) is 11.5 Å². The van der Waals surface area contributed by atoms with Gasteiger partial charge in [0, 0.05) is 17.1 Å². The van der Waals surface area contributed by atoms with Crippen molar-refractivity contribution in [2.75, 3.05) is 14.2 Å². The minimum absolute atomic E-state index is 0.274. The molecule has 24 heavy (non-hydrogen) atoms. The molecule has 0 spiro atoms. The zero-order valence-electron chi connectivity index (χ0n) is 13.4. The van der Waals surface area contributed by atoms with E-state index >= 15 is 0 Å². The van der Waals surface area contributed by atoms with Crippen molar-refractivity contribution in [3.63, 3.8) is 0 Å². The highest BCUT2D eigenvalue weighted by Gasteiger charge is 2.10. The monoisotopic (exact) mass is 323 g/mol. The summed E-state index contributed by atoms with van der Waals surface area (Å²) in [6.45, 7) is 0. The Kier molecular flexibility index (Phi) is 4.47. The Balaban J connectivity index is 1.73. The zero-order valence-corrected chi connectivity index (χ0v) is 13.4. The third kappa shape index (κ3) is 3.08. The van der Waals surface area contributed by atoms with Crippen LogP contribution in [0, 0.1) is 0 Å². The number of rotatable bonds is 5. The fraction of sp³-hybridized carbons (Fsp3) is 0.111. The lowest BCUT2D eigenvalue weighted by Crippen LogP contribution is -2.17. The van der Waals surface area contributed by atoms with Crippen LogP contribution in [-0.2, 0) is 0 Å². The number of para-hydroxylation sites is 1. The van der Waals surface area contributed by atoms with Crippen LogP contribution in [0.25, 0.3) is 10.9 Å². The van der Waals surface area contributed by atoms with E-state index in [0.29, 0.717) is 17.1 Å². The van der Waals surface area contributed by atoms with Gasteiger partial charge in [-0.3, -0.25) is 4.79 Å². The third-order valence-corrected chi connectivity index (χ3v) is 3.62. The van der Waals surface area contributed by atoms with Gasteiger partial charge in [0.05, 0.1) is 26.0 Å². The molecule has 122 valence electrons. The Morgan fingerprint density at radius 3 is 2.71 bits per heavy atom. The average Bonchev–Trinajstić information content (AvgIpc) is 3.05. The largest absolute Gasteiger partial charge is 0.493 e. The highest BCUT2D eigenvalue weighted by Crippen LogP contribution is 2.26. The van der Waals surface area contributed by atoms with Gasteiger partial charge >= 0.3 is 0 Å². The van der Waals surface area contributed by atoms with Crippen molar-refractivity contribution in [2.45, 2.75) is 0 Å². The van der Waals surface area contributed by atoms with Crippen molar-refractivity contribution in [3.05, 3.63) is 59.8 Å². The molecule has 2 aromatic carbocycles. The Labute approximate surface area is 139 Å². The fourth-order valence-electron chi connectivity index (χ4n) is 2.42. The highest BCUT2D eigenvalue weighted by atomic mass is 16.5. The van der Waals surface area contributed by atoms with Crippen LogP contribution >= 0.6 is 0 Å². The summed E-state index contributed by atoms with van der Waals surface area (Å²) in [5.41, 5.74) is 4.77. The molecule has 3 rings (SSSR count). The maximum Gasteiger partial charge on any atom is 0.273 e. The topological polar surface area (TPSA) is 75.7 Å². The number of hydrogen-bond donors (Lipinski definition) is 2. The molecule has 0 aliphatic carbocycles. The number of aromatic amines is 1. The molecule has 3 aromatic rings. The van der Waals surface area contributed by atoms with Crippen LogP contribution in [0.5, 0.6) is 11.5 Å². The normalized spacial score (nSPS) is 10.9. The number of H-pyrrole nitrogens is 1.